The van der Waals surface area contributed by atoms with Crippen LogP contribution < -0.4 is 9.64 Å². The Morgan fingerprint density at radius 2 is 2.05 bits per heavy atom. The van der Waals surface area contributed by atoms with Crippen LogP contribution in [0, 0.1) is 6.92 Å². The van der Waals surface area contributed by atoms with Crippen molar-refractivity contribution in [3.05, 3.63) is 47.4 Å². The molecule has 0 spiro atoms. The third kappa shape index (κ3) is 4.18. The fourth-order valence-electron chi connectivity index (χ4n) is 1.90. The maximum absolute atomic E-state index is 11.1. The molecule has 1 aromatic carbocycles. The highest BCUT2D eigenvalue weighted by Crippen LogP contribution is 2.14. The number of carbonyl (C=O) groups is 1. The summed E-state index contributed by atoms with van der Waals surface area (Å²) in [5.41, 5.74) is 1.11. The fourth-order valence-corrected chi connectivity index (χ4v) is 1.90. The predicted molar refractivity (Wildman–Crippen MR) is 83.7 cm³/mol. The summed E-state index contributed by atoms with van der Waals surface area (Å²) in [7, 11) is 3.61. The number of ether oxygens (including phenoxy) is 1. The van der Waals surface area contributed by atoms with Crippen molar-refractivity contribution in [1.29, 1.82) is 0 Å². The summed E-state index contributed by atoms with van der Waals surface area (Å²) >= 11 is 0. The number of carboxylic acids is 1. The van der Waals surface area contributed by atoms with Crippen LogP contribution >= 0.6 is 0 Å². The average Bonchev–Trinajstić information content (AvgIpc) is 2.47. The Morgan fingerprint density at radius 3 is 2.68 bits per heavy atom. The van der Waals surface area contributed by atoms with Gasteiger partial charge in [-0.3, -0.25) is 0 Å². The molecule has 0 fully saturated rings. The van der Waals surface area contributed by atoms with Crippen LogP contribution in [0.5, 0.6) is 5.75 Å². The summed E-state index contributed by atoms with van der Waals surface area (Å²) in [5.74, 6) is 0.739. The first-order valence-electron chi connectivity index (χ1n) is 6.94. The third-order valence-corrected chi connectivity index (χ3v) is 3.02. The maximum atomic E-state index is 11.1. The van der Waals surface area contributed by atoms with Crippen molar-refractivity contribution in [2.75, 3.05) is 25.6 Å². The SMILES string of the molecule is Cc1cccc(OCCc2nc(C(=O)O)cc(N(C)C)n2)c1. The van der Waals surface area contributed by atoms with E-state index in [1.54, 1.807) is 19.0 Å². The highest BCUT2D eigenvalue weighted by Gasteiger charge is 2.11. The first-order valence-corrected chi connectivity index (χ1v) is 6.94. The normalized spacial score (nSPS) is 10.3. The average molecular weight is 301 g/mol. The quantitative estimate of drug-likeness (QED) is 0.881. The van der Waals surface area contributed by atoms with Gasteiger partial charge in [-0.1, -0.05) is 12.1 Å². The molecule has 1 aromatic heterocycles. The van der Waals surface area contributed by atoms with Crippen molar-refractivity contribution in [2.45, 2.75) is 13.3 Å². The van der Waals surface area contributed by atoms with Crippen LogP contribution in [-0.4, -0.2) is 41.7 Å². The number of benzene rings is 1. The highest BCUT2D eigenvalue weighted by atomic mass is 16.5. The zero-order chi connectivity index (χ0) is 16.1. The monoisotopic (exact) mass is 301 g/mol. The van der Waals surface area contributed by atoms with Gasteiger partial charge in [-0.2, -0.15) is 0 Å². The van der Waals surface area contributed by atoms with Crippen molar-refractivity contribution in [2.24, 2.45) is 0 Å². The van der Waals surface area contributed by atoms with Crippen LogP contribution in [0.1, 0.15) is 21.9 Å². The van der Waals surface area contributed by atoms with Crippen LogP contribution in [0.2, 0.25) is 0 Å². The molecule has 0 amide bonds. The molecular formula is C16H19N3O3. The molecule has 1 heterocycles. The molecule has 0 saturated carbocycles. The largest absolute Gasteiger partial charge is 0.493 e. The number of anilines is 1. The summed E-state index contributed by atoms with van der Waals surface area (Å²) < 4.78 is 5.65. The number of aromatic carboxylic acids is 1. The van der Waals surface area contributed by atoms with E-state index >= 15 is 0 Å². The number of hydrogen-bond acceptors (Lipinski definition) is 5. The van der Waals surface area contributed by atoms with Gasteiger partial charge >= 0.3 is 5.97 Å². The lowest BCUT2D eigenvalue weighted by atomic mass is 10.2. The van der Waals surface area contributed by atoms with E-state index in [2.05, 4.69) is 9.97 Å². The summed E-state index contributed by atoms with van der Waals surface area (Å²) in [6.45, 7) is 2.38. The lowest BCUT2D eigenvalue weighted by Crippen LogP contribution is -2.16. The zero-order valence-electron chi connectivity index (χ0n) is 12.9. The van der Waals surface area contributed by atoms with Crippen LogP contribution in [0.25, 0.3) is 0 Å². The molecule has 0 radical (unpaired) electrons. The highest BCUT2D eigenvalue weighted by molar-refractivity contribution is 5.86. The van der Waals surface area contributed by atoms with Gasteiger partial charge in [-0.15, -0.1) is 0 Å². The molecule has 0 unspecified atom stereocenters. The van der Waals surface area contributed by atoms with Crippen molar-refractivity contribution < 1.29 is 14.6 Å². The minimum atomic E-state index is -1.06. The number of hydrogen-bond donors (Lipinski definition) is 1. The van der Waals surface area contributed by atoms with Gasteiger partial charge in [0.1, 0.15) is 17.4 Å². The molecule has 0 aliphatic heterocycles. The molecule has 0 atom stereocenters. The topological polar surface area (TPSA) is 75.6 Å². The summed E-state index contributed by atoms with van der Waals surface area (Å²) in [5, 5.41) is 9.11. The zero-order valence-corrected chi connectivity index (χ0v) is 12.9. The Kier molecular flexibility index (Phi) is 4.93. The van der Waals surface area contributed by atoms with Gasteiger partial charge in [0.2, 0.25) is 0 Å². The minimum Gasteiger partial charge on any atom is -0.493 e. The van der Waals surface area contributed by atoms with E-state index in [0.717, 1.165) is 11.3 Å². The Bertz CT molecular complexity index is 671. The smallest absolute Gasteiger partial charge is 0.354 e. The fraction of sp³-hybridized carbons (Fsp3) is 0.312. The number of aryl methyl sites for hydroxylation is 1. The molecule has 22 heavy (non-hydrogen) atoms. The Balaban J connectivity index is 2.07. The molecule has 2 aromatic rings. The minimum absolute atomic E-state index is 0.00995. The third-order valence-electron chi connectivity index (χ3n) is 3.02. The van der Waals surface area contributed by atoms with Crippen molar-refractivity contribution in [3.63, 3.8) is 0 Å². The van der Waals surface area contributed by atoms with Gasteiger partial charge < -0.3 is 14.7 Å². The molecule has 0 bridgehead atoms. The van der Waals surface area contributed by atoms with Gasteiger partial charge in [0.25, 0.3) is 0 Å². The molecule has 0 saturated heterocycles. The van der Waals surface area contributed by atoms with Crippen LogP contribution in [0.15, 0.2) is 30.3 Å². The van der Waals surface area contributed by atoms with E-state index in [4.69, 9.17) is 9.84 Å². The molecule has 2 rings (SSSR count). The maximum Gasteiger partial charge on any atom is 0.354 e. The first-order chi connectivity index (χ1) is 10.5. The molecule has 0 aliphatic rings. The summed E-state index contributed by atoms with van der Waals surface area (Å²) in [6, 6.07) is 9.20. The summed E-state index contributed by atoms with van der Waals surface area (Å²) in [4.78, 5) is 21.3. The predicted octanol–water partition coefficient (Wildman–Crippen LogP) is 2.17. The molecule has 116 valence electrons. The Hall–Kier alpha value is -2.63. The second-order valence-corrected chi connectivity index (χ2v) is 5.14. The van der Waals surface area contributed by atoms with E-state index in [1.165, 1.54) is 6.07 Å². The lowest BCUT2D eigenvalue weighted by molar-refractivity contribution is 0.0690. The summed E-state index contributed by atoms with van der Waals surface area (Å²) in [6.07, 6.45) is 0.440. The van der Waals surface area contributed by atoms with Gasteiger partial charge in [-0.05, 0) is 24.6 Å². The second-order valence-electron chi connectivity index (χ2n) is 5.14. The van der Waals surface area contributed by atoms with Crippen LogP contribution in [0.4, 0.5) is 5.82 Å². The Labute approximate surface area is 129 Å². The molecule has 6 nitrogen and oxygen atoms in total. The number of aromatic nitrogens is 2. The van der Waals surface area contributed by atoms with E-state index in [9.17, 15) is 4.79 Å². The number of rotatable bonds is 6. The molecule has 0 aliphatic carbocycles. The van der Waals surface area contributed by atoms with E-state index < -0.39 is 5.97 Å². The van der Waals surface area contributed by atoms with E-state index in [0.29, 0.717) is 24.7 Å². The molecule has 1 N–H and O–H groups in total. The first kappa shape index (κ1) is 15.8. The van der Waals surface area contributed by atoms with Crippen molar-refractivity contribution in [3.8, 4) is 5.75 Å². The van der Waals surface area contributed by atoms with Gasteiger partial charge in [0.15, 0.2) is 5.69 Å². The van der Waals surface area contributed by atoms with Crippen molar-refractivity contribution in [1.82, 2.24) is 9.97 Å². The number of carboxylic acid groups (broad SMARTS) is 1. The molecule has 6 heteroatoms. The van der Waals surface area contributed by atoms with Gasteiger partial charge in [-0.25, -0.2) is 14.8 Å². The second kappa shape index (κ2) is 6.89. The number of nitrogens with zero attached hydrogens (tertiary/aromatic N) is 3. The van der Waals surface area contributed by atoms with Gasteiger partial charge in [0.05, 0.1) is 6.61 Å². The van der Waals surface area contributed by atoms with Crippen LogP contribution in [0.3, 0.4) is 0 Å². The van der Waals surface area contributed by atoms with E-state index in [-0.39, 0.29) is 5.69 Å². The van der Waals surface area contributed by atoms with Gasteiger partial charge in [0, 0.05) is 26.6 Å². The Morgan fingerprint density at radius 1 is 1.27 bits per heavy atom. The lowest BCUT2D eigenvalue weighted by Gasteiger charge is -2.13. The molecular weight excluding hydrogens is 282 g/mol. The van der Waals surface area contributed by atoms with Crippen molar-refractivity contribution >= 4 is 11.8 Å². The van der Waals surface area contributed by atoms with E-state index in [1.807, 2.05) is 31.2 Å². The standard InChI is InChI=1S/C16H19N3O3/c1-11-5-4-6-12(9-11)22-8-7-14-17-13(16(20)21)10-15(18-14)19(2)3/h4-6,9-10H,7-8H2,1-3H3,(H,20,21). The van der Waals surface area contributed by atoms with Crippen LogP contribution in [-0.2, 0) is 6.42 Å².